The number of nitrogens with zero attached hydrogens (tertiary/aromatic N) is 4. The van der Waals surface area contributed by atoms with Crippen molar-refractivity contribution in [3.05, 3.63) is 58.5 Å². The second kappa shape index (κ2) is 5.72. The number of hydrogen-bond donors (Lipinski definition) is 1. The minimum atomic E-state index is 0.387. The van der Waals surface area contributed by atoms with E-state index in [0.717, 1.165) is 26.9 Å². The highest BCUT2D eigenvalue weighted by Crippen LogP contribution is 2.27. The lowest BCUT2D eigenvalue weighted by atomic mass is 10.1. The Morgan fingerprint density at radius 1 is 0.957 bits per heavy atom. The Morgan fingerprint density at radius 2 is 1.70 bits per heavy atom. The van der Waals surface area contributed by atoms with Crippen molar-refractivity contribution >= 4 is 38.7 Å². The van der Waals surface area contributed by atoms with Crippen molar-refractivity contribution in [1.82, 2.24) is 24.9 Å². The summed E-state index contributed by atoms with van der Waals surface area (Å²) >= 11 is 9.48. The first kappa shape index (κ1) is 14.3. The van der Waals surface area contributed by atoms with Gasteiger partial charge in [0.2, 0.25) is 0 Å². The van der Waals surface area contributed by atoms with Gasteiger partial charge in [0.05, 0.1) is 5.52 Å². The van der Waals surface area contributed by atoms with Crippen LogP contribution in [-0.4, -0.2) is 24.9 Å². The first-order valence-corrected chi connectivity index (χ1v) is 7.96. The van der Waals surface area contributed by atoms with Gasteiger partial charge in [0.1, 0.15) is 11.5 Å². The number of aromatic nitrogens is 5. The summed E-state index contributed by atoms with van der Waals surface area (Å²) in [6.45, 7) is 0. The van der Waals surface area contributed by atoms with E-state index in [0.29, 0.717) is 16.5 Å². The van der Waals surface area contributed by atoms with Crippen LogP contribution < -0.4 is 0 Å². The van der Waals surface area contributed by atoms with Crippen molar-refractivity contribution in [2.75, 3.05) is 0 Å². The number of halogens is 2. The van der Waals surface area contributed by atoms with Crippen molar-refractivity contribution in [3.63, 3.8) is 0 Å². The van der Waals surface area contributed by atoms with Gasteiger partial charge < -0.3 is 4.98 Å². The third-order valence-electron chi connectivity index (χ3n) is 3.39. The van der Waals surface area contributed by atoms with E-state index in [2.05, 4.69) is 40.8 Å². The van der Waals surface area contributed by atoms with Crippen LogP contribution in [0.4, 0.5) is 0 Å². The minimum Gasteiger partial charge on any atom is -0.337 e. The van der Waals surface area contributed by atoms with E-state index in [4.69, 9.17) is 11.6 Å². The topological polar surface area (TPSA) is 67.3 Å². The molecule has 5 nitrogen and oxygen atoms in total. The Hall–Kier alpha value is -2.31. The van der Waals surface area contributed by atoms with Gasteiger partial charge in [0.15, 0.2) is 10.8 Å². The average molecular weight is 387 g/mol. The highest BCUT2D eigenvalue weighted by molar-refractivity contribution is 9.10. The van der Waals surface area contributed by atoms with Gasteiger partial charge in [-0.15, -0.1) is 0 Å². The molecule has 0 amide bonds. The van der Waals surface area contributed by atoms with Crippen LogP contribution in [0.25, 0.3) is 33.8 Å². The number of rotatable bonds is 2. The maximum atomic E-state index is 6.08. The molecule has 0 spiro atoms. The number of fused-ring (bicyclic) bond motifs is 1. The molecule has 0 aliphatic rings. The largest absolute Gasteiger partial charge is 0.337 e. The number of benzene rings is 1. The Morgan fingerprint density at radius 3 is 2.48 bits per heavy atom. The van der Waals surface area contributed by atoms with Gasteiger partial charge in [0, 0.05) is 34.2 Å². The Balaban J connectivity index is 1.73. The van der Waals surface area contributed by atoms with Crippen molar-refractivity contribution in [1.29, 1.82) is 0 Å². The number of aromatic amines is 1. The number of hydrogen-bond acceptors (Lipinski definition) is 4. The smallest absolute Gasteiger partial charge is 0.178 e. The van der Waals surface area contributed by atoms with Gasteiger partial charge in [0.25, 0.3) is 0 Å². The van der Waals surface area contributed by atoms with Crippen LogP contribution in [0, 0.1) is 0 Å². The van der Waals surface area contributed by atoms with Crippen molar-refractivity contribution in [2.24, 2.45) is 0 Å². The van der Waals surface area contributed by atoms with Crippen LogP contribution in [0.15, 0.2) is 53.4 Å². The Labute approximate surface area is 144 Å². The van der Waals surface area contributed by atoms with Crippen LogP contribution in [0.5, 0.6) is 0 Å². The standard InChI is InChI=1S/C16H9BrClN5/c17-11-7-12-16(21-8-11)23-15(22-12)10-3-1-9(2-4-10)13-14(18)20-6-5-19-13/h1-8H,(H,21,22,23). The number of H-pyrrole nitrogens is 1. The summed E-state index contributed by atoms with van der Waals surface area (Å²) < 4.78 is 0.910. The van der Waals surface area contributed by atoms with Crippen molar-refractivity contribution in [3.8, 4) is 22.6 Å². The molecule has 3 heterocycles. The van der Waals surface area contributed by atoms with Gasteiger partial charge in [-0.25, -0.2) is 15.0 Å². The first-order valence-electron chi connectivity index (χ1n) is 6.79. The van der Waals surface area contributed by atoms with E-state index >= 15 is 0 Å². The predicted molar refractivity (Wildman–Crippen MR) is 93.1 cm³/mol. The van der Waals surface area contributed by atoms with Crippen LogP contribution in [0.2, 0.25) is 5.15 Å². The summed E-state index contributed by atoms with van der Waals surface area (Å²) in [5.74, 6) is 0.766. The van der Waals surface area contributed by atoms with Gasteiger partial charge in [-0.05, 0) is 22.0 Å². The summed E-state index contributed by atoms with van der Waals surface area (Å²) in [7, 11) is 0. The summed E-state index contributed by atoms with van der Waals surface area (Å²) in [4.78, 5) is 20.4. The fraction of sp³-hybridized carbons (Fsp3) is 0. The normalized spacial score (nSPS) is 11.0. The summed E-state index contributed by atoms with van der Waals surface area (Å²) in [6, 6.07) is 9.77. The molecule has 0 unspecified atom stereocenters. The molecule has 1 N–H and O–H groups in total. The summed E-state index contributed by atoms with van der Waals surface area (Å²) in [6.07, 6.45) is 4.92. The second-order valence-corrected chi connectivity index (χ2v) is 6.16. The van der Waals surface area contributed by atoms with Crippen molar-refractivity contribution in [2.45, 2.75) is 0 Å². The maximum absolute atomic E-state index is 6.08. The molecular weight excluding hydrogens is 378 g/mol. The van der Waals surface area contributed by atoms with E-state index in [1.807, 2.05) is 30.3 Å². The van der Waals surface area contributed by atoms with Gasteiger partial charge in [-0.2, -0.15) is 0 Å². The molecular formula is C16H9BrClN5. The highest BCUT2D eigenvalue weighted by atomic mass is 79.9. The van der Waals surface area contributed by atoms with Crippen LogP contribution in [0.3, 0.4) is 0 Å². The predicted octanol–water partition coefficient (Wildman–Crippen LogP) is 4.50. The zero-order chi connectivity index (χ0) is 15.8. The molecule has 4 rings (SSSR count). The third kappa shape index (κ3) is 2.71. The van der Waals surface area contributed by atoms with Gasteiger partial charge >= 0.3 is 0 Å². The van der Waals surface area contributed by atoms with Crippen LogP contribution >= 0.6 is 27.5 Å². The molecule has 0 bridgehead atoms. The molecule has 1 aromatic carbocycles. The SMILES string of the molecule is Clc1nccnc1-c1ccc(-c2nc3ncc(Br)cc3[nH]2)cc1. The first-order chi connectivity index (χ1) is 11.2. The Bertz CT molecular complexity index is 997. The zero-order valence-corrected chi connectivity index (χ0v) is 14.0. The number of imidazole rings is 1. The van der Waals surface area contributed by atoms with Crippen LogP contribution in [0.1, 0.15) is 0 Å². The molecule has 7 heteroatoms. The third-order valence-corrected chi connectivity index (χ3v) is 4.10. The van der Waals surface area contributed by atoms with Gasteiger partial charge in [-0.1, -0.05) is 35.9 Å². The molecule has 4 aromatic rings. The molecule has 23 heavy (non-hydrogen) atoms. The summed E-state index contributed by atoms with van der Waals surface area (Å²) in [5.41, 5.74) is 4.10. The van der Waals surface area contributed by atoms with E-state index < -0.39 is 0 Å². The molecule has 0 saturated carbocycles. The maximum Gasteiger partial charge on any atom is 0.178 e. The minimum absolute atomic E-state index is 0.387. The fourth-order valence-corrected chi connectivity index (χ4v) is 2.86. The molecule has 0 aliphatic carbocycles. The number of pyridine rings is 1. The van der Waals surface area contributed by atoms with Crippen molar-refractivity contribution < 1.29 is 0 Å². The van der Waals surface area contributed by atoms with Crippen LogP contribution in [-0.2, 0) is 0 Å². The molecule has 3 aromatic heterocycles. The Kier molecular flexibility index (Phi) is 3.55. The second-order valence-electron chi connectivity index (χ2n) is 4.88. The molecule has 0 saturated heterocycles. The molecule has 0 radical (unpaired) electrons. The highest BCUT2D eigenvalue weighted by Gasteiger charge is 2.09. The zero-order valence-electron chi connectivity index (χ0n) is 11.7. The fourth-order valence-electron chi connectivity index (χ4n) is 2.31. The van der Waals surface area contributed by atoms with E-state index in [9.17, 15) is 0 Å². The lowest BCUT2D eigenvalue weighted by Gasteiger charge is -2.03. The lowest BCUT2D eigenvalue weighted by molar-refractivity contribution is 1.20. The average Bonchev–Trinajstić information content (AvgIpc) is 2.98. The summed E-state index contributed by atoms with van der Waals surface area (Å²) in [5, 5.41) is 0.387. The molecule has 0 atom stereocenters. The van der Waals surface area contributed by atoms with E-state index in [-0.39, 0.29) is 0 Å². The molecule has 0 aliphatic heterocycles. The quantitative estimate of drug-likeness (QED) is 0.551. The molecule has 112 valence electrons. The molecule has 0 fully saturated rings. The van der Waals surface area contributed by atoms with E-state index in [1.54, 1.807) is 18.6 Å². The van der Waals surface area contributed by atoms with Gasteiger partial charge in [-0.3, -0.25) is 4.98 Å². The monoisotopic (exact) mass is 385 g/mol. The lowest BCUT2D eigenvalue weighted by Crippen LogP contribution is -1.88. The number of nitrogens with one attached hydrogen (secondary N) is 1. The van der Waals surface area contributed by atoms with E-state index in [1.165, 1.54) is 0 Å².